The third kappa shape index (κ3) is 3.56. The highest BCUT2D eigenvalue weighted by Crippen LogP contribution is 2.14. The van der Waals surface area contributed by atoms with Crippen LogP contribution in [0.25, 0.3) is 0 Å². The van der Waals surface area contributed by atoms with Crippen LogP contribution in [0.1, 0.15) is 35.3 Å². The number of carbonyl (C=O) groups excluding carboxylic acids is 1. The molecule has 0 saturated carbocycles. The molecular weight excluding hydrogens is 214 g/mol. The second-order valence-electron chi connectivity index (χ2n) is 5.25. The van der Waals surface area contributed by atoms with Crippen LogP contribution in [0.2, 0.25) is 0 Å². The number of aryl methyl sites for hydroxylation is 1. The molecule has 0 aliphatic heterocycles. The monoisotopic (exact) mass is 235 g/mol. The van der Waals surface area contributed by atoms with Crippen LogP contribution in [-0.2, 0) is 0 Å². The minimum atomic E-state index is -0.284. The van der Waals surface area contributed by atoms with Gasteiger partial charge in [-0.2, -0.15) is 0 Å². The number of aliphatic hydroxyl groups is 1. The average Bonchev–Trinajstić information content (AvgIpc) is 2.30. The zero-order chi connectivity index (χ0) is 13.1. The predicted molar refractivity (Wildman–Crippen MR) is 69.1 cm³/mol. The summed E-state index contributed by atoms with van der Waals surface area (Å²) >= 11 is 0. The Morgan fingerprint density at radius 2 is 2.00 bits per heavy atom. The molecule has 0 saturated heterocycles. The molecule has 2 N–H and O–H groups in total. The van der Waals surface area contributed by atoms with Crippen LogP contribution in [0.5, 0.6) is 0 Å². The fourth-order valence-corrected chi connectivity index (χ4v) is 1.47. The van der Waals surface area contributed by atoms with Crippen molar-refractivity contribution >= 4 is 5.91 Å². The molecule has 0 fully saturated rings. The normalized spacial score (nSPS) is 11.4. The minimum absolute atomic E-state index is 0.0556. The number of hydrogen-bond donors (Lipinski definition) is 2. The molecule has 0 atom stereocenters. The first-order chi connectivity index (χ1) is 7.87. The van der Waals surface area contributed by atoms with Gasteiger partial charge in [-0.15, -0.1) is 0 Å². The van der Waals surface area contributed by atoms with Gasteiger partial charge < -0.3 is 10.4 Å². The first-order valence-electron chi connectivity index (χ1n) is 5.83. The summed E-state index contributed by atoms with van der Waals surface area (Å²) in [5.74, 6) is -0.0762. The largest absolute Gasteiger partial charge is 0.396 e. The summed E-state index contributed by atoms with van der Waals surface area (Å²) in [6.07, 6.45) is 0. The Balaban J connectivity index is 2.74. The van der Waals surface area contributed by atoms with E-state index in [1.807, 2.05) is 45.9 Å². The first kappa shape index (κ1) is 13.7. The molecule has 3 nitrogen and oxygen atoms in total. The molecule has 0 unspecified atom stereocenters. The van der Waals surface area contributed by atoms with Gasteiger partial charge >= 0.3 is 0 Å². The van der Waals surface area contributed by atoms with Gasteiger partial charge in [0.05, 0.1) is 0 Å². The highest BCUT2D eigenvalue weighted by Gasteiger charge is 2.18. The van der Waals surface area contributed by atoms with Gasteiger partial charge in [0.25, 0.3) is 5.91 Å². The Hall–Kier alpha value is -1.35. The van der Waals surface area contributed by atoms with E-state index in [-0.39, 0.29) is 17.9 Å². The Labute approximate surface area is 103 Å². The molecule has 0 bridgehead atoms. The van der Waals surface area contributed by atoms with Gasteiger partial charge in [0.2, 0.25) is 0 Å². The van der Waals surface area contributed by atoms with E-state index in [2.05, 4.69) is 5.32 Å². The zero-order valence-electron chi connectivity index (χ0n) is 11.0. The molecule has 17 heavy (non-hydrogen) atoms. The zero-order valence-corrected chi connectivity index (χ0v) is 11.0. The highest BCUT2D eigenvalue weighted by molar-refractivity contribution is 5.95. The molecular formula is C14H21NO2. The topological polar surface area (TPSA) is 49.3 Å². The smallest absolute Gasteiger partial charge is 0.251 e. The SMILES string of the molecule is Cc1cccc(C(=O)NCC(C)(C)CO)c1C. The third-order valence-electron chi connectivity index (χ3n) is 3.00. The van der Waals surface area contributed by atoms with Crippen molar-refractivity contribution in [2.75, 3.05) is 13.2 Å². The molecule has 0 spiro atoms. The Morgan fingerprint density at radius 1 is 1.35 bits per heavy atom. The Kier molecular flexibility index (Phi) is 4.29. The number of rotatable bonds is 4. The molecule has 0 aliphatic rings. The fourth-order valence-electron chi connectivity index (χ4n) is 1.47. The van der Waals surface area contributed by atoms with Gasteiger partial charge in [-0.3, -0.25) is 4.79 Å². The molecule has 0 aromatic heterocycles. The van der Waals surface area contributed by atoms with Gasteiger partial charge in [0.15, 0.2) is 0 Å². The van der Waals surface area contributed by atoms with Crippen molar-refractivity contribution in [3.8, 4) is 0 Å². The maximum atomic E-state index is 12.0. The van der Waals surface area contributed by atoms with Crippen LogP contribution in [0.4, 0.5) is 0 Å². The van der Waals surface area contributed by atoms with Gasteiger partial charge in [-0.25, -0.2) is 0 Å². The quantitative estimate of drug-likeness (QED) is 0.839. The van der Waals surface area contributed by atoms with Crippen molar-refractivity contribution in [1.29, 1.82) is 0 Å². The fraction of sp³-hybridized carbons (Fsp3) is 0.500. The second-order valence-corrected chi connectivity index (χ2v) is 5.25. The van der Waals surface area contributed by atoms with E-state index >= 15 is 0 Å². The van der Waals surface area contributed by atoms with Gasteiger partial charge in [0.1, 0.15) is 0 Å². The number of aliphatic hydroxyl groups excluding tert-OH is 1. The van der Waals surface area contributed by atoms with Crippen LogP contribution in [0.15, 0.2) is 18.2 Å². The summed E-state index contributed by atoms with van der Waals surface area (Å²) in [4.78, 5) is 12.0. The summed E-state index contributed by atoms with van der Waals surface area (Å²) in [6.45, 7) is 8.29. The molecule has 1 aromatic carbocycles. The maximum Gasteiger partial charge on any atom is 0.251 e. The van der Waals surface area contributed by atoms with E-state index in [0.717, 1.165) is 11.1 Å². The van der Waals surface area contributed by atoms with Crippen molar-refractivity contribution in [1.82, 2.24) is 5.32 Å². The van der Waals surface area contributed by atoms with Crippen molar-refractivity contribution in [2.45, 2.75) is 27.7 Å². The van der Waals surface area contributed by atoms with Crippen molar-refractivity contribution in [3.63, 3.8) is 0 Å². The number of carbonyl (C=O) groups is 1. The second kappa shape index (κ2) is 5.32. The Morgan fingerprint density at radius 3 is 2.59 bits per heavy atom. The van der Waals surface area contributed by atoms with Crippen LogP contribution in [-0.4, -0.2) is 24.2 Å². The van der Waals surface area contributed by atoms with Crippen molar-refractivity contribution in [3.05, 3.63) is 34.9 Å². The number of amides is 1. The third-order valence-corrected chi connectivity index (χ3v) is 3.00. The van der Waals surface area contributed by atoms with Gasteiger partial charge in [-0.05, 0) is 31.0 Å². The molecule has 1 rings (SSSR count). The maximum absolute atomic E-state index is 12.0. The summed E-state index contributed by atoms with van der Waals surface area (Å²) < 4.78 is 0. The van der Waals surface area contributed by atoms with Gasteiger partial charge in [0, 0.05) is 24.1 Å². The molecule has 1 aromatic rings. The lowest BCUT2D eigenvalue weighted by Gasteiger charge is -2.22. The van der Waals surface area contributed by atoms with E-state index in [9.17, 15) is 4.79 Å². The number of hydrogen-bond acceptors (Lipinski definition) is 2. The van der Waals surface area contributed by atoms with E-state index in [4.69, 9.17) is 5.11 Å². The van der Waals surface area contributed by atoms with Crippen molar-refractivity contribution < 1.29 is 9.90 Å². The standard InChI is InChI=1S/C14H21NO2/c1-10-6-5-7-12(11(10)2)13(17)15-8-14(3,4)9-16/h5-7,16H,8-9H2,1-4H3,(H,15,17). The summed E-state index contributed by atoms with van der Waals surface area (Å²) in [5.41, 5.74) is 2.54. The molecule has 0 heterocycles. The van der Waals surface area contributed by atoms with Crippen LogP contribution < -0.4 is 5.32 Å². The minimum Gasteiger partial charge on any atom is -0.396 e. The summed E-state index contributed by atoms with van der Waals surface area (Å²) in [5, 5.41) is 12.0. The molecule has 0 aliphatic carbocycles. The molecule has 0 radical (unpaired) electrons. The average molecular weight is 235 g/mol. The molecule has 3 heteroatoms. The first-order valence-corrected chi connectivity index (χ1v) is 5.83. The summed E-state index contributed by atoms with van der Waals surface area (Å²) in [7, 11) is 0. The van der Waals surface area contributed by atoms with E-state index in [1.165, 1.54) is 0 Å². The molecule has 1 amide bonds. The molecule has 94 valence electrons. The summed E-state index contributed by atoms with van der Waals surface area (Å²) in [6, 6.07) is 5.70. The van der Waals surface area contributed by atoms with Crippen LogP contribution in [0, 0.1) is 19.3 Å². The van der Waals surface area contributed by atoms with Crippen LogP contribution in [0.3, 0.4) is 0 Å². The van der Waals surface area contributed by atoms with Crippen molar-refractivity contribution in [2.24, 2.45) is 5.41 Å². The lowest BCUT2D eigenvalue weighted by atomic mass is 9.94. The van der Waals surface area contributed by atoms with E-state index in [0.29, 0.717) is 12.1 Å². The Bertz CT molecular complexity index is 411. The predicted octanol–water partition coefficient (Wildman–Crippen LogP) is 2.05. The highest BCUT2D eigenvalue weighted by atomic mass is 16.3. The number of benzene rings is 1. The van der Waals surface area contributed by atoms with Gasteiger partial charge in [-0.1, -0.05) is 26.0 Å². The lowest BCUT2D eigenvalue weighted by Crippen LogP contribution is -2.36. The van der Waals surface area contributed by atoms with E-state index in [1.54, 1.807) is 0 Å². The lowest BCUT2D eigenvalue weighted by molar-refractivity contribution is 0.0910. The number of nitrogens with one attached hydrogen (secondary N) is 1. The van der Waals surface area contributed by atoms with Crippen LogP contribution >= 0.6 is 0 Å². The van der Waals surface area contributed by atoms with E-state index < -0.39 is 0 Å².